The molecule has 0 aliphatic carbocycles. The molecular formula is C13H27NO. The smallest absolute Gasteiger partial charge is 0.0807 e. The zero-order chi connectivity index (χ0) is 11.3. The van der Waals surface area contributed by atoms with Crippen molar-refractivity contribution in [1.82, 2.24) is 5.32 Å². The first-order chi connectivity index (χ1) is 7.12. The number of hydrogen-bond acceptors (Lipinski definition) is 2. The van der Waals surface area contributed by atoms with Gasteiger partial charge in [0, 0.05) is 12.6 Å². The van der Waals surface area contributed by atoms with Gasteiger partial charge in [0.15, 0.2) is 0 Å². The van der Waals surface area contributed by atoms with Crippen LogP contribution in [0.25, 0.3) is 0 Å². The molecule has 1 aliphatic rings. The van der Waals surface area contributed by atoms with E-state index >= 15 is 0 Å². The summed E-state index contributed by atoms with van der Waals surface area (Å²) in [7, 11) is 0. The van der Waals surface area contributed by atoms with Crippen LogP contribution in [0.3, 0.4) is 0 Å². The summed E-state index contributed by atoms with van der Waals surface area (Å²) in [6.45, 7) is 11.0. The molecule has 15 heavy (non-hydrogen) atoms. The van der Waals surface area contributed by atoms with Crippen LogP contribution in [0, 0.1) is 5.92 Å². The number of likely N-dealkylation sites (N-methyl/N-ethyl adjacent to an activating group) is 1. The lowest BCUT2D eigenvalue weighted by Crippen LogP contribution is -2.49. The van der Waals surface area contributed by atoms with Gasteiger partial charge < -0.3 is 10.1 Å². The van der Waals surface area contributed by atoms with Crippen molar-refractivity contribution in [3.05, 3.63) is 0 Å². The van der Waals surface area contributed by atoms with Crippen molar-refractivity contribution in [2.24, 2.45) is 5.92 Å². The van der Waals surface area contributed by atoms with E-state index < -0.39 is 0 Å². The molecule has 1 N–H and O–H groups in total. The van der Waals surface area contributed by atoms with Crippen LogP contribution in [0.4, 0.5) is 0 Å². The summed E-state index contributed by atoms with van der Waals surface area (Å²) in [5.41, 5.74) is 0.0828. The highest BCUT2D eigenvalue weighted by Gasteiger charge is 2.38. The first-order valence-corrected chi connectivity index (χ1v) is 6.49. The highest BCUT2D eigenvalue weighted by atomic mass is 16.5. The van der Waals surface area contributed by atoms with Crippen molar-refractivity contribution >= 4 is 0 Å². The van der Waals surface area contributed by atoms with Gasteiger partial charge in [-0.1, -0.05) is 27.2 Å². The van der Waals surface area contributed by atoms with Gasteiger partial charge in [0.1, 0.15) is 0 Å². The van der Waals surface area contributed by atoms with E-state index in [1.54, 1.807) is 0 Å². The molecule has 90 valence electrons. The van der Waals surface area contributed by atoms with E-state index in [2.05, 4.69) is 33.0 Å². The van der Waals surface area contributed by atoms with Crippen molar-refractivity contribution < 1.29 is 4.74 Å². The minimum absolute atomic E-state index is 0.0828. The van der Waals surface area contributed by atoms with Crippen LogP contribution >= 0.6 is 0 Å². The van der Waals surface area contributed by atoms with E-state index in [0.717, 1.165) is 19.1 Å². The number of hydrogen-bond donors (Lipinski definition) is 1. The Bertz CT molecular complexity index is 175. The summed E-state index contributed by atoms with van der Waals surface area (Å²) in [6.07, 6.45) is 4.93. The molecule has 0 saturated carbocycles. The molecule has 0 bridgehead atoms. The topological polar surface area (TPSA) is 21.3 Å². The fraction of sp³-hybridized carbons (Fsp3) is 1.00. The Kier molecular flexibility index (Phi) is 5.07. The van der Waals surface area contributed by atoms with E-state index in [4.69, 9.17) is 4.74 Å². The Balaban J connectivity index is 2.55. The number of rotatable bonds is 6. The zero-order valence-electron chi connectivity index (χ0n) is 10.8. The third kappa shape index (κ3) is 3.46. The van der Waals surface area contributed by atoms with Gasteiger partial charge >= 0.3 is 0 Å². The first-order valence-electron chi connectivity index (χ1n) is 6.49. The summed E-state index contributed by atoms with van der Waals surface area (Å²) in [5.74, 6) is 0.787. The van der Waals surface area contributed by atoms with Crippen molar-refractivity contribution in [3.8, 4) is 0 Å². The molecule has 0 spiro atoms. The molecule has 2 heteroatoms. The SMILES string of the molecule is CCNC(CC(C)CC)C1(C)CCCO1. The number of ether oxygens (including phenoxy) is 1. The Morgan fingerprint density at radius 3 is 2.60 bits per heavy atom. The Labute approximate surface area is 94.8 Å². The molecule has 1 fully saturated rings. The van der Waals surface area contributed by atoms with Crippen LogP contribution in [0.5, 0.6) is 0 Å². The second-order valence-electron chi connectivity index (χ2n) is 5.12. The minimum atomic E-state index is 0.0828. The van der Waals surface area contributed by atoms with E-state index in [1.807, 2.05) is 0 Å². The largest absolute Gasteiger partial charge is 0.374 e. The van der Waals surface area contributed by atoms with Crippen molar-refractivity contribution in [3.63, 3.8) is 0 Å². The molecule has 0 radical (unpaired) electrons. The predicted molar refractivity (Wildman–Crippen MR) is 65.1 cm³/mol. The molecule has 0 amide bonds. The van der Waals surface area contributed by atoms with E-state index in [1.165, 1.54) is 25.7 Å². The van der Waals surface area contributed by atoms with Gasteiger partial charge in [-0.25, -0.2) is 0 Å². The second-order valence-corrected chi connectivity index (χ2v) is 5.12. The summed E-state index contributed by atoms with van der Waals surface area (Å²) >= 11 is 0. The lowest BCUT2D eigenvalue weighted by atomic mass is 9.86. The van der Waals surface area contributed by atoms with Gasteiger partial charge in [-0.15, -0.1) is 0 Å². The standard InChI is InChI=1S/C13H27NO/c1-5-11(3)10-12(14-6-2)13(4)8-7-9-15-13/h11-12,14H,5-10H2,1-4H3. The molecule has 1 aliphatic heterocycles. The summed E-state index contributed by atoms with van der Waals surface area (Å²) in [5, 5.41) is 3.61. The van der Waals surface area contributed by atoms with Gasteiger partial charge in [-0.05, 0) is 38.6 Å². The molecule has 0 aromatic heterocycles. The maximum atomic E-state index is 5.94. The maximum absolute atomic E-state index is 5.94. The fourth-order valence-corrected chi connectivity index (χ4v) is 2.44. The molecule has 3 atom stereocenters. The lowest BCUT2D eigenvalue weighted by Gasteiger charge is -2.35. The van der Waals surface area contributed by atoms with Gasteiger partial charge in [0.25, 0.3) is 0 Å². The Morgan fingerprint density at radius 2 is 2.13 bits per heavy atom. The highest BCUT2D eigenvalue weighted by Crippen LogP contribution is 2.32. The summed E-state index contributed by atoms with van der Waals surface area (Å²) in [4.78, 5) is 0. The van der Waals surface area contributed by atoms with Crippen LogP contribution in [-0.2, 0) is 4.74 Å². The van der Waals surface area contributed by atoms with E-state index in [9.17, 15) is 0 Å². The van der Waals surface area contributed by atoms with E-state index in [0.29, 0.717) is 6.04 Å². The monoisotopic (exact) mass is 213 g/mol. The third-order valence-electron chi connectivity index (χ3n) is 3.77. The third-order valence-corrected chi connectivity index (χ3v) is 3.77. The van der Waals surface area contributed by atoms with Crippen LogP contribution in [0.2, 0.25) is 0 Å². The van der Waals surface area contributed by atoms with E-state index in [-0.39, 0.29) is 5.60 Å². The van der Waals surface area contributed by atoms with Crippen LogP contribution in [0.1, 0.15) is 53.4 Å². The van der Waals surface area contributed by atoms with Crippen molar-refractivity contribution in [1.29, 1.82) is 0 Å². The van der Waals surface area contributed by atoms with Gasteiger partial charge in [-0.2, -0.15) is 0 Å². The van der Waals surface area contributed by atoms with Crippen LogP contribution < -0.4 is 5.32 Å². The molecule has 3 unspecified atom stereocenters. The molecule has 1 heterocycles. The molecule has 1 rings (SSSR count). The van der Waals surface area contributed by atoms with Gasteiger partial charge in [0.2, 0.25) is 0 Å². The van der Waals surface area contributed by atoms with Gasteiger partial charge in [-0.3, -0.25) is 0 Å². The van der Waals surface area contributed by atoms with Crippen LogP contribution in [0.15, 0.2) is 0 Å². The fourth-order valence-electron chi connectivity index (χ4n) is 2.44. The average molecular weight is 213 g/mol. The number of nitrogens with one attached hydrogen (secondary N) is 1. The maximum Gasteiger partial charge on any atom is 0.0807 e. The Hall–Kier alpha value is -0.0800. The minimum Gasteiger partial charge on any atom is -0.374 e. The molecule has 0 aromatic carbocycles. The molecule has 0 aromatic rings. The summed E-state index contributed by atoms with van der Waals surface area (Å²) < 4.78 is 5.94. The zero-order valence-corrected chi connectivity index (χ0v) is 10.8. The lowest BCUT2D eigenvalue weighted by molar-refractivity contribution is -0.0172. The van der Waals surface area contributed by atoms with Crippen LogP contribution in [-0.4, -0.2) is 24.8 Å². The van der Waals surface area contributed by atoms with Crippen molar-refractivity contribution in [2.45, 2.75) is 65.0 Å². The summed E-state index contributed by atoms with van der Waals surface area (Å²) in [6, 6.07) is 0.528. The predicted octanol–water partition coefficient (Wildman–Crippen LogP) is 2.97. The molecular weight excluding hydrogens is 186 g/mol. The Morgan fingerprint density at radius 1 is 1.40 bits per heavy atom. The molecule has 1 saturated heterocycles. The average Bonchev–Trinajstić information content (AvgIpc) is 2.65. The first kappa shape index (κ1) is 13.0. The second kappa shape index (κ2) is 5.86. The molecule has 2 nitrogen and oxygen atoms in total. The quantitative estimate of drug-likeness (QED) is 0.732. The highest BCUT2D eigenvalue weighted by molar-refractivity contribution is 4.93. The van der Waals surface area contributed by atoms with Crippen molar-refractivity contribution in [2.75, 3.05) is 13.2 Å². The van der Waals surface area contributed by atoms with Gasteiger partial charge in [0.05, 0.1) is 5.60 Å². The normalized spacial score (nSPS) is 30.4.